The first-order chi connectivity index (χ1) is 17.8. The van der Waals surface area contributed by atoms with E-state index in [1.165, 1.54) is 4.31 Å². The molecular weight excluding hydrogens is 500 g/mol. The van der Waals surface area contributed by atoms with E-state index < -0.39 is 28.3 Å². The normalized spacial score (nSPS) is 26.1. The van der Waals surface area contributed by atoms with Crippen molar-refractivity contribution in [1.29, 1.82) is 0 Å². The first kappa shape index (κ1) is 25.9. The van der Waals surface area contributed by atoms with Crippen LogP contribution in [0.5, 0.6) is 11.5 Å². The second-order valence-corrected chi connectivity index (χ2v) is 11.6. The van der Waals surface area contributed by atoms with Crippen molar-refractivity contribution in [2.24, 2.45) is 0 Å². The van der Waals surface area contributed by atoms with E-state index in [2.05, 4.69) is 5.32 Å². The quantitative estimate of drug-likeness (QED) is 0.577. The van der Waals surface area contributed by atoms with Crippen molar-refractivity contribution in [3.8, 4) is 11.5 Å². The Hall–Kier alpha value is -2.70. The second-order valence-electron chi connectivity index (χ2n) is 9.69. The van der Waals surface area contributed by atoms with Crippen LogP contribution in [0.1, 0.15) is 30.4 Å². The highest BCUT2D eigenvalue weighted by Crippen LogP contribution is 2.33. The number of nitrogens with zero attached hydrogens (tertiary/aromatic N) is 1. The number of aliphatic hydroxyl groups is 1. The molecule has 0 spiro atoms. The van der Waals surface area contributed by atoms with Gasteiger partial charge in [0.1, 0.15) is 0 Å². The Morgan fingerprint density at radius 2 is 1.95 bits per heavy atom. The topological polar surface area (TPSA) is 124 Å². The summed E-state index contributed by atoms with van der Waals surface area (Å²) >= 11 is 0. The van der Waals surface area contributed by atoms with Gasteiger partial charge in [-0.25, -0.2) is 8.42 Å². The molecule has 11 heteroatoms. The van der Waals surface area contributed by atoms with E-state index in [1.54, 1.807) is 18.2 Å². The van der Waals surface area contributed by atoms with Crippen LogP contribution in [0.4, 0.5) is 0 Å². The third kappa shape index (κ3) is 5.91. The van der Waals surface area contributed by atoms with Crippen LogP contribution >= 0.6 is 0 Å². The summed E-state index contributed by atoms with van der Waals surface area (Å²) in [5, 5.41) is 13.3. The van der Waals surface area contributed by atoms with Crippen molar-refractivity contribution in [1.82, 2.24) is 9.62 Å². The van der Waals surface area contributed by atoms with Gasteiger partial charge in [-0.15, -0.1) is 0 Å². The maximum Gasteiger partial charge on any atom is 0.243 e. The molecule has 0 aliphatic carbocycles. The molecule has 2 aromatic carbocycles. The highest BCUT2D eigenvalue weighted by Gasteiger charge is 2.43. The van der Waals surface area contributed by atoms with Gasteiger partial charge in [-0.05, 0) is 55.2 Å². The van der Waals surface area contributed by atoms with E-state index in [0.29, 0.717) is 30.9 Å². The fraction of sp³-hybridized carbons (Fsp3) is 0.500. The predicted octanol–water partition coefficient (Wildman–Crippen LogP) is 1.73. The molecule has 5 rings (SSSR count). The summed E-state index contributed by atoms with van der Waals surface area (Å²) in [5.41, 5.74) is 1.73. The zero-order chi connectivity index (χ0) is 26.0. The molecule has 200 valence electrons. The molecule has 3 heterocycles. The van der Waals surface area contributed by atoms with E-state index in [-0.39, 0.29) is 49.9 Å². The molecule has 3 aliphatic rings. The number of aryl methyl sites for hydroxylation is 1. The Balaban J connectivity index is 1.23. The first-order valence-corrected chi connectivity index (χ1v) is 13.9. The van der Waals surface area contributed by atoms with Gasteiger partial charge in [0, 0.05) is 13.1 Å². The summed E-state index contributed by atoms with van der Waals surface area (Å²) in [5.74, 6) is 1.19. The van der Waals surface area contributed by atoms with Crippen LogP contribution in [-0.4, -0.2) is 74.6 Å². The number of aliphatic hydroxyl groups excluding tert-OH is 1. The average Bonchev–Trinajstić information content (AvgIpc) is 3.33. The van der Waals surface area contributed by atoms with Crippen molar-refractivity contribution in [3.05, 3.63) is 53.6 Å². The number of benzene rings is 2. The summed E-state index contributed by atoms with van der Waals surface area (Å²) in [6, 6.07) is 11.8. The fourth-order valence-electron chi connectivity index (χ4n) is 5.01. The number of fused-ring (bicyclic) bond motifs is 2. The lowest BCUT2D eigenvalue weighted by Gasteiger charge is -2.43. The molecule has 2 N–H and O–H groups in total. The van der Waals surface area contributed by atoms with Crippen molar-refractivity contribution < 1.29 is 37.3 Å². The Morgan fingerprint density at radius 1 is 1.11 bits per heavy atom. The number of β-amino-alcohol motifs (C(OH)–C–C–N with tert-alkyl or cyclic N) is 1. The lowest BCUT2D eigenvalue weighted by molar-refractivity contribution is -0.146. The molecule has 10 nitrogen and oxygen atoms in total. The number of ether oxygens (including phenoxy) is 4. The number of hydrogen-bond acceptors (Lipinski definition) is 8. The zero-order valence-corrected chi connectivity index (χ0v) is 21.5. The minimum Gasteiger partial charge on any atom is -0.454 e. The van der Waals surface area contributed by atoms with Gasteiger partial charge in [0.2, 0.25) is 22.7 Å². The van der Waals surface area contributed by atoms with Crippen molar-refractivity contribution in [2.75, 3.05) is 26.6 Å². The van der Waals surface area contributed by atoms with Crippen molar-refractivity contribution in [3.63, 3.8) is 0 Å². The van der Waals surface area contributed by atoms with E-state index in [1.807, 2.05) is 31.2 Å². The van der Waals surface area contributed by atoms with E-state index >= 15 is 0 Å². The summed E-state index contributed by atoms with van der Waals surface area (Å²) < 4.78 is 51.1. The lowest BCUT2D eigenvalue weighted by Crippen LogP contribution is -2.57. The number of amides is 1. The van der Waals surface area contributed by atoms with Gasteiger partial charge in [-0.1, -0.05) is 18.2 Å². The number of carbonyl (C=O) groups is 1. The van der Waals surface area contributed by atoms with Crippen molar-refractivity contribution >= 4 is 15.9 Å². The summed E-state index contributed by atoms with van der Waals surface area (Å²) in [4.78, 5) is 12.9. The maximum atomic E-state index is 13.6. The van der Waals surface area contributed by atoms with Gasteiger partial charge >= 0.3 is 0 Å². The van der Waals surface area contributed by atoms with Crippen LogP contribution in [0, 0.1) is 6.92 Å². The summed E-state index contributed by atoms with van der Waals surface area (Å²) in [6.07, 6.45) is -0.705. The lowest BCUT2D eigenvalue weighted by atomic mass is 9.96. The Bertz CT molecular complexity index is 1240. The molecule has 0 unspecified atom stereocenters. The fourth-order valence-corrected chi connectivity index (χ4v) is 6.83. The van der Waals surface area contributed by atoms with E-state index in [0.717, 1.165) is 11.1 Å². The molecule has 4 atom stereocenters. The standard InChI is InChI=1S/C26H32N2O8S/c1-17-3-2-4-21(9-17)37(31,32)28-13-19(29)14-33-15-25-22(28)7-6-20(36-25)11-26(30)27-12-18-5-8-23-24(10-18)35-16-34-23/h2-5,8-10,19-20,22,25,29H,6-7,11-16H2,1H3,(H,27,30)/t19-,20-,22-,25+/m0/s1. The Kier molecular flexibility index (Phi) is 7.68. The van der Waals surface area contributed by atoms with Crippen LogP contribution in [0.3, 0.4) is 0 Å². The average molecular weight is 533 g/mol. The first-order valence-electron chi connectivity index (χ1n) is 12.4. The molecular formula is C26H32N2O8S. The third-order valence-electron chi connectivity index (χ3n) is 6.87. The number of sulfonamides is 1. The van der Waals surface area contributed by atoms with Gasteiger partial charge in [0.25, 0.3) is 0 Å². The highest BCUT2D eigenvalue weighted by atomic mass is 32.2. The van der Waals surface area contributed by atoms with Crippen LogP contribution in [0.15, 0.2) is 47.4 Å². The van der Waals surface area contributed by atoms with Gasteiger partial charge < -0.3 is 29.4 Å². The van der Waals surface area contributed by atoms with Gasteiger partial charge in [-0.3, -0.25) is 4.79 Å². The van der Waals surface area contributed by atoms with Gasteiger partial charge in [-0.2, -0.15) is 4.31 Å². The SMILES string of the molecule is Cc1cccc(S(=O)(=O)N2C[C@H](O)COC[C@H]3O[C@H](CC(=O)NCc4ccc5c(c4)OCO5)CC[C@@H]32)c1. The zero-order valence-electron chi connectivity index (χ0n) is 20.7. The van der Waals surface area contributed by atoms with E-state index in [4.69, 9.17) is 18.9 Å². The number of rotatable bonds is 6. The Morgan fingerprint density at radius 3 is 2.78 bits per heavy atom. The molecule has 0 aromatic heterocycles. The highest BCUT2D eigenvalue weighted by molar-refractivity contribution is 7.89. The van der Waals surface area contributed by atoms with Crippen LogP contribution in [0.2, 0.25) is 0 Å². The monoisotopic (exact) mass is 532 g/mol. The molecule has 3 aliphatic heterocycles. The molecule has 0 saturated carbocycles. The molecule has 0 radical (unpaired) electrons. The third-order valence-corrected chi connectivity index (χ3v) is 8.76. The number of hydrogen-bond donors (Lipinski definition) is 2. The minimum absolute atomic E-state index is 0.00705. The molecule has 2 aromatic rings. The van der Waals surface area contributed by atoms with Crippen LogP contribution in [0.25, 0.3) is 0 Å². The maximum absolute atomic E-state index is 13.6. The number of nitrogens with one attached hydrogen (secondary N) is 1. The molecule has 2 fully saturated rings. The number of carbonyl (C=O) groups excluding carboxylic acids is 1. The van der Waals surface area contributed by atoms with Gasteiger partial charge in [0.15, 0.2) is 11.5 Å². The Labute approximate surface area is 216 Å². The smallest absolute Gasteiger partial charge is 0.243 e. The molecule has 0 bridgehead atoms. The minimum atomic E-state index is -3.87. The van der Waals surface area contributed by atoms with E-state index in [9.17, 15) is 18.3 Å². The largest absolute Gasteiger partial charge is 0.454 e. The molecule has 37 heavy (non-hydrogen) atoms. The predicted molar refractivity (Wildman–Crippen MR) is 133 cm³/mol. The summed E-state index contributed by atoms with van der Waals surface area (Å²) in [6.45, 7) is 2.44. The van der Waals surface area contributed by atoms with Crippen LogP contribution < -0.4 is 14.8 Å². The molecule has 1 amide bonds. The second kappa shape index (κ2) is 11.0. The summed E-state index contributed by atoms with van der Waals surface area (Å²) in [7, 11) is -3.87. The van der Waals surface area contributed by atoms with Crippen LogP contribution in [-0.2, 0) is 30.8 Å². The van der Waals surface area contributed by atoms with Crippen molar-refractivity contribution in [2.45, 2.75) is 62.0 Å². The molecule has 2 saturated heterocycles. The van der Waals surface area contributed by atoms with Gasteiger partial charge in [0.05, 0.1) is 48.9 Å².